The lowest BCUT2D eigenvalue weighted by molar-refractivity contribution is -0.128. The first-order chi connectivity index (χ1) is 13.3. The summed E-state index contributed by atoms with van der Waals surface area (Å²) in [6, 6.07) is -0.589. The first kappa shape index (κ1) is 29.6. The second-order valence-electron chi connectivity index (χ2n) is 7.38. The normalized spacial score (nSPS) is 12.6. The molecule has 4 N–H and O–H groups in total. The molecule has 0 spiro atoms. The summed E-state index contributed by atoms with van der Waals surface area (Å²) < 4.78 is 0. The molecule has 0 unspecified atom stereocenters. The largest absolute Gasteiger partial charge is 0.343 e. The summed E-state index contributed by atoms with van der Waals surface area (Å²) in [6.45, 7) is 10.5. The molecule has 0 saturated heterocycles. The van der Waals surface area contributed by atoms with Gasteiger partial charge in [-0.2, -0.15) is 11.8 Å². The van der Waals surface area contributed by atoms with Gasteiger partial charge in [-0.3, -0.25) is 19.7 Å². The Bertz CT molecular complexity index is 570. The Morgan fingerprint density at radius 2 is 1.55 bits per heavy atom. The standard InChI is InChI=1S/C22H39N3O2S.FH/c1-6-9-21(26)24-20(22(27)25-23)16-28-15-14-19(5)13-8-12-18(4)11-7-10-17(2)3;/h10,12,14,20H,6-9,11,13,15-16,23H2,1-5H3,(H,24,26)(H,25,27);1H/b18-12+,19-14+;/t20-;/m0./s1. The summed E-state index contributed by atoms with van der Waals surface area (Å²) >= 11 is 1.62. The molecule has 168 valence electrons. The van der Waals surface area contributed by atoms with Crippen LogP contribution in [0.3, 0.4) is 0 Å². The maximum absolute atomic E-state index is 11.8. The molecule has 0 aromatic heterocycles. The third-order valence-electron chi connectivity index (χ3n) is 4.23. The molecule has 0 heterocycles. The Morgan fingerprint density at radius 1 is 0.966 bits per heavy atom. The number of carbonyl (C=O) groups is 2. The zero-order chi connectivity index (χ0) is 21.4. The maximum Gasteiger partial charge on any atom is 0.257 e. The number of allylic oxidation sites excluding steroid dienone is 5. The molecule has 29 heavy (non-hydrogen) atoms. The van der Waals surface area contributed by atoms with E-state index in [1.807, 2.05) is 6.92 Å². The van der Waals surface area contributed by atoms with Crippen LogP contribution in [-0.2, 0) is 9.59 Å². The lowest BCUT2D eigenvalue weighted by Gasteiger charge is -2.16. The van der Waals surface area contributed by atoms with E-state index in [1.54, 1.807) is 11.8 Å². The highest BCUT2D eigenvalue weighted by molar-refractivity contribution is 7.99. The first-order valence-corrected chi connectivity index (χ1v) is 11.3. The Hall–Kier alpha value is -1.60. The molecule has 0 aromatic carbocycles. The Balaban J connectivity index is 0. The number of amides is 2. The molecule has 0 aliphatic heterocycles. The van der Waals surface area contributed by atoms with Crippen molar-refractivity contribution in [2.45, 2.75) is 79.2 Å². The van der Waals surface area contributed by atoms with E-state index in [0.29, 0.717) is 12.2 Å². The van der Waals surface area contributed by atoms with Crippen LogP contribution in [0.2, 0.25) is 0 Å². The predicted molar refractivity (Wildman–Crippen MR) is 124 cm³/mol. The van der Waals surface area contributed by atoms with Crippen molar-refractivity contribution in [1.29, 1.82) is 0 Å². The van der Waals surface area contributed by atoms with Crippen LogP contribution >= 0.6 is 11.8 Å². The number of hydrogen-bond acceptors (Lipinski definition) is 4. The third kappa shape index (κ3) is 17.0. The van der Waals surface area contributed by atoms with Crippen molar-refractivity contribution in [3.05, 3.63) is 34.9 Å². The van der Waals surface area contributed by atoms with Crippen LogP contribution in [0.15, 0.2) is 34.9 Å². The number of thioether (sulfide) groups is 1. The molecule has 0 aliphatic rings. The van der Waals surface area contributed by atoms with Crippen molar-refractivity contribution < 1.29 is 14.3 Å². The first-order valence-electron chi connectivity index (χ1n) is 10.1. The fourth-order valence-corrected chi connectivity index (χ4v) is 3.51. The lowest BCUT2D eigenvalue weighted by atomic mass is 10.1. The van der Waals surface area contributed by atoms with Crippen LogP contribution in [0.5, 0.6) is 0 Å². The minimum absolute atomic E-state index is 0. The highest BCUT2D eigenvalue weighted by Gasteiger charge is 2.19. The molecule has 0 radical (unpaired) electrons. The summed E-state index contributed by atoms with van der Waals surface area (Å²) in [5.41, 5.74) is 6.29. The molecule has 2 amide bonds. The summed E-state index contributed by atoms with van der Waals surface area (Å²) in [5, 5.41) is 2.74. The van der Waals surface area contributed by atoms with Gasteiger partial charge in [0.2, 0.25) is 5.91 Å². The molecule has 0 fully saturated rings. The molecule has 5 nitrogen and oxygen atoms in total. The van der Waals surface area contributed by atoms with E-state index in [4.69, 9.17) is 5.84 Å². The van der Waals surface area contributed by atoms with Gasteiger partial charge in [0.1, 0.15) is 6.04 Å². The smallest absolute Gasteiger partial charge is 0.257 e. The summed E-state index contributed by atoms with van der Waals surface area (Å²) in [5.74, 6) is 6.07. The SMILES string of the molecule is CCCC(=O)N[C@@H](CSC/C=C(\C)CC/C=C(\C)CCC=C(C)C)C(=O)NN.F. The fraction of sp³-hybridized carbons (Fsp3) is 0.636. The second-order valence-corrected chi connectivity index (χ2v) is 8.45. The topological polar surface area (TPSA) is 84.2 Å². The average Bonchev–Trinajstić information content (AvgIpc) is 2.63. The van der Waals surface area contributed by atoms with Gasteiger partial charge in [0, 0.05) is 17.9 Å². The summed E-state index contributed by atoms with van der Waals surface area (Å²) in [7, 11) is 0. The Morgan fingerprint density at radius 3 is 2.10 bits per heavy atom. The van der Waals surface area contributed by atoms with Gasteiger partial charge in [-0.05, 0) is 59.8 Å². The van der Waals surface area contributed by atoms with Crippen molar-refractivity contribution in [2.24, 2.45) is 5.84 Å². The van der Waals surface area contributed by atoms with Gasteiger partial charge in [0.25, 0.3) is 5.91 Å². The van der Waals surface area contributed by atoms with Gasteiger partial charge in [-0.15, -0.1) is 0 Å². The van der Waals surface area contributed by atoms with Crippen LogP contribution in [0, 0.1) is 0 Å². The number of rotatable bonds is 14. The van der Waals surface area contributed by atoms with E-state index >= 15 is 0 Å². The van der Waals surface area contributed by atoms with Crippen LogP contribution < -0.4 is 16.6 Å². The quantitative estimate of drug-likeness (QED) is 0.124. The second kappa shape index (κ2) is 18.4. The van der Waals surface area contributed by atoms with Crippen molar-refractivity contribution in [1.82, 2.24) is 10.7 Å². The van der Waals surface area contributed by atoms with Gasteiger partial charge < -0.3 is 5.32 Å². The fourth-order valence-electron chi connectivity index (χ4n) is 2.50. The van der Waals surface area contributed by atoms with Crippen LogP contribution in [-0.4, -0.2) is 29.4 Å². The summed E-state index contributed by atoms with van der Waals surface area (Å²) in [4.78, 5) is 23.5. The number of nitrogens with one attached hydrogen (secondary N) is 2. The number of carbonyl (C=O) groups excluding carboxylic acids is 2. The molecule has 7 heteroatoms. The molecule has 0 bridgehead atoms. The number of hydrazine groups is 1. The maximum atomic E-state index is 11.8. The van der Waals surface area contributed by atoms with E-state index in [0.717, 1.165) is 37.9 Å². The third-order valence-corrected chi connectivity index (χ3v) is 5.20. The van der Waals surface area contributed by atoms with Crippen LogP contribution in [0.1, 0.15) is 73.1 Å². The zero-order valence-corrected chi connectivity index (χ0v) is 19.5. The summed E-state index contributed by atoms with van der Waals surface area (Å²) in [6.07, 6.45) is 12.3. The number of nitrogens with two attached hydrogens (primary N) is 1. The van der Waals surface area contributed by atoms with Crippen LogP contribution in [0.4, 0.5) is 4.70 Å². The van der Waals surface area contributed by atoms with Gasteiger partial charge in [0.05, 0.1) is 0 Å². The van der Waals surface area contributed by atoms with Crippen molar-refractivity contribution >= 4 is 23.6 Å². The van der Waals surface area contributed by atoms with Gasteiger partial charge >= 0.3 is 0 Å². The van der Waals surface area contributed by atoms with E-state index in [-0.39, 0.29) is 16.5 Å². The van der Waals surface area contributed by atoms with Gasteiger partial charge in [0.15, 0.2) is 0 Å². The van der Waals surface area contributed by atoms with Gasteiger partial charge in [-0.25, -0.2) is 5.84 Å². The Kier molecular flexibility index (Phi) is 18.8. The predicted octanol–water partition coefficient (Wildman–Crippen LogP) is 4.57. The van der Waals surface area contributed by atoms with Gasteiger partial charge in [-0.1, -0.05) is 41.9 Å². The molecule has 1 atom stereocenters. The van der Waals surface area contributed by atoms with Crippen molar-refractivity contribution in [3.8, 4) is 0 Å². The molecular formula is C22H40FN3O2S. The van der Waals surface area contributed by atoms with E-state index in [9.17, 15) is 9.59 Å². The zero-order valence-electron chi connectivity index (χ0n) is 18.7. The highest BCUT2D eigenvalue weighted by Crippen LogP contribution is 2.13. The lowest BCUT2D eigenvalue weighted by Crippen LogP contribution is -2.50. The van der Waals surface area contributed by atoms with Crippen molar-refractivity contribution in [3.63, 3.8) is 0 Å². The minimum atomic E-state index is -0.589. The molecule has 0 rings (SSSR count). The number of halogens is 1. The molecular weight excluding hydrogens is 389 g/mol. The highest BCUT2D eigenvalue weighted by atomic mass is 32.2. The Labute approximate surface area is 180 Å². The molecule has 0 aliphatic carbocycles. The molecule has 0 saturated carbocycles. The van der Waals surface area contributed by atoms with E-state index in [2.05, 4.69) is 56.7 Å². The van der Waals surface area contributed by atoms with E-state index < -0.39 is 6.04 Å². The van der Waals surface area contributed by atoms with E-state index in [1.165, 1.54) is 16.7 Å². The molecule has 0 aromatic rings. The number of hydrogen-bond donors (Lipinski definition) is 3. The van der Waals surface area contributed by atoms with Crippen molar-refractivity contribution in [2.75, 3.05) is 11.5 Å². The monoisotopic (exact) mass is 429 g/mol. The van der Waals surface area contributed by atoms with Crippen LogP contribution in [0.25, 0.3) is 0 Å². The minimum Gasteiger partial charge on any atom is -0.343 e. The average molecular weight is 430 g/mol.